The zero-order chi connectivity index (χ0) is 15.0. The summed E-state index contributed by atoms with van der Waals surface area (Å²) in [6.45, 7) is 1.87. The van der Waals surface area contributed by atoms with Crippen molar-refractivity contribution in [2.45, 2.75) is 50.5 Å². The van der Waals surface area contributed by atoms with Gasteiger partial charge < -0.3 is 16.0 Å². The van der Waals surface area contributed by atoms with Crippen molar-refractivity contribution >= 4 is 23.1 Å². The molecule has 1 amide bonds. The van der Waals surface area contributed by atoms with Gasteiger partial charge in [0, 0.05) is 19.5 Å². The summed E-state index contributed by atoms with van der Waals surface area (Å²) in [4.78, 5) is 15.2. The number of carbonyl (C=O) groups is 1. The van der Waals surface area contributed by atoms with Crippen LogP contribution >= 0.6 is 12.2 Å². The van der Waals surface area contributed by atoms with Gasteiger partial charge in [-0.25, -0.2) is 0 Å². The van der Waals surface area contributed by atoms with E-state index < -0.39 is 5.54 Å². The van der Waals surface area contributed by atoms with Gasteiger partial charge in [-0.3, -0.25) is 4.79 Å². The van der Waals surface area contributed by atoms with E-state index in [1.54, 1.807) is 0 Å². The third-order valence-electron chi connectivity index (χ3n) is 6.02. The Labute approximate surface area is 132 Å². The lowest BCUT2D eigenvalue weighted by molar-refractivity contribution is -0.124. The molecule has 3 rings (SSSR count). The van der Waals surface area contributed by atoms with Crippen molar-refractivity contribution in [3.63, 3.8) is 0 Å². The van der Waals surface area contributed by atoms with Crippen LogP contribution in [0, 0.1) is 17.8 Å². The topological polar surface area (TPSA) is 58.4 Å². The third kappa shape index (κ3) is 3.09. The zero-order valence-corrected chi connectivity index (χ0v) is 13.8. The first-order chi connectivity index (χ1) is 9.98. The zero-order valence-electron chi connectivity index (χ0n) is 12.9. The largest absolute Gasteiger partial charge is 0.391 e. The van der Waals surface area contributed by atoms with Crippen LogP contribution in [0.15, 0.2) is 0 Å². The van der Waals surface area contributed by atoms with Gasteiger partial charge in [0.15, 0.2) is 0 Å². The molecule has 4 nitrogen and oxygen atoms in total. The van der Waals surface area contributed by atoms with Crippen molar-refractivity contribution in [2.24, 2.45) is 23.5 Å². The number of nitrogens with two attached hydrogens (primary N) is 1. The number of likely N-dealkylation sites (tertiary alicyclic amines) is 1. The van der Waals surface area contributed by atoms with Crippen LogP contribution in [-0.2, 0) is 4.79 Å². The first-order valence-corrected chi connectivity index (χ1v) is 8.69. The lowest BCUT2D eigenvalue weighted by atomic mass is 9.84. The number of amides is 1. The maximum Gasteiger partial charge on any atom is 0.221 e. The van der Waals surface area contributed by atoms with Crippen LogP contribution < -0.4 is 11.1 Å². The van der Waals surface area contributed by atoms with E-state index in [1.165, 1.54) is 25.7 Å². The highest BCUT2D eigenvalue weighted by Crippen LogP contribution is 2.49. The molecular formula is C16H27N3OS. The van der Waals surface area contributed by atoms with Crippen LogP contribution in [-0.4, -0.2) is 41.5 Å². The molecule has 3 unspecified atom stereocenters. The first kappa shape index (κ1) is 15.2. The highest BCUT2D eigenvalue weighted by Gasteiger charge is 2.42. The number of nitrogens with zero attached hydrogens (tertiary/aromatic N) is 1. The molecule has 3 atom stereocenters. The predicted octanol–water partition coefficient (Wildman–Crippen LogP) is 1.68. The van der Waals surface area contributed by atoms with Crippen molar-refractivity contribution in [3.8, 4) is 0 Å². The van der Waals surface area contributed by atoms with E-state index in [9.17, 15) is 4.79 Å². The van der Waals surface area contributed by atoms with Crippen LogP contribution in [0.25, 0.3) is 0 Å². The minimum Gasteiger partial charge on any atom is -0.391 e. The Bertz CT molecular complexity index is 431. The predicted molar refractivity (Wildman–Crippen MR) is 87.9 cm³/mol. The van der Waals surface area contributed by atoms with Crippen LogP contribution in [0.5, 0.6) is 0 Å². The molecule has 2 aliphatic carbocycles. The molecule has 21 heavy (non-hydrogen) atoms. The maximum absolute atomic E-state index is 12.5. The molecule has 0 radical (unpaired) electrons. The average Bonchev–Trinajstić information content (AvgIpc) is 3.03. The van der Waals surface area contributed by atoms with Gasteiger partial charge in [0.25, 0.3) is 0 Å². The summed E-state index contributed by atoms with van der Waals surface area (Å²) in [5, 5.41) is 3.21. The van der Waals surface area contributed by atoms with Crippen molar-refractivity contribution in [1.82, 2.24) is 10.2 Å². The van der Waals surface area contributed by atoms with Crippen LogP contribution in [0.2, 0.25) is 0 Å². The lowest BCUT2D eigenvalue weighted by Gasteiger charge is -2.40. The molecule has 3 aliphatic rings. The number of fused-ring (bicyclic) bond motifs is 2. The Morgan fingerprint density at radius 3 is 2.57 bits per heavy atom. The van der Waals surface area contributed by atoms with Crippen LogP contribution in [0.3, 0.4) is 0 Å². The van der Waals surface area contributed by atoms with Gasteiger partial charge in [-0.15, -0.1) is 0 Å². The van der Waals surface area contributed by atoms with Gasteiger partial charge >= 0.3 is 0 Å². The van der Waals surface area contributed by atoms with Crippen molar-refractivity contribution in [2.75, 3.05) is 20.1 Å². The van der Waals surface area contributed by atoms with Gasteiger partial charge in [0.05, 0.1) is 10.5 Å². The second-order valence-corrected chi connectivity index (χ2v) is 7.88. The highest BCUT2D eigenvalue weighted by atomic mass is 32.1. The molecule has 3 fully saturated rings. The van der Waals surface area contributed by atoms with Gasteiger partial charge in [-0.2, -0.15) is 0 Å². The maximum atomic E-state index is 12.5. The second-order valence-electron chi connectivity index (χ2n) is 7.44. The van der Waals surface area contributed by atoms with E-state index in [2.05, 4.69) is 17.3 Å². The number of hydrogen-bond donors (Lipinski definition) is 2. The molecular weight excluding hydrogens is 282 g/mol. The number of hydrogen-bond acceptors (Lipinski definition) is 3. The fourth-order valence-electron chi connectivity index (χ4n) is 4.62. The number of carbonyl (C=O) groups excluding carboxylic acids is 1. The molecule has 118 valence electrons. The lowest BCUT2D eigenvalue weighted by Crippen LogP contribution is -2.61. The summed E-state index contributed by atoms with van der Waals surface area (Å²) >= 11 is 5.27. The molecule has 5 heteroatoms. The monoisotopic (exact) mass is 309 g/mol. The molecule has 2 bridgehead atoms. The SMILES string of the molecule is CN1CCC(NC(=O)CC2CC3CCC2C3)(C(N)=S)CC1. The van der Waals surface area contributed by atoms with Gasteiger partial charge in [-0.05, 0) is 56.9 Å². The number of rotatable bonds is 4. The van der Waals surface area contributed by atoms with E-state index in [1.807, 2.05) is 0 Å². The molecule has 0 aromatic rings. The fraction of sp³-hybridized carbons (Fsp3) is 0.875. The number of piperidine rings is 1. The summed E-state index contributed by atoms with van der Waals surface area (Å²) < 4.78 is 0. The summed E-state index contributed by atoms with van der Waals surface area (Å²) in [6.07, 6.45) is 7.65. The van der Waals surface area contributed by atoms with Crippen molar-refractivity contribution in [3.05, 3.63) is 0 Å². The molecule has 0 aromatic carbocycles. The number of thiocarbonyl (C=S) groups is 1. The minimum atomic E-state index is -0.448. The Morgan fingerprint density at radius 2 is 2.05 bits per heavy atom. The Morgan fingerprint density at radius 1 is 1.33 bits per heavy atom. The minimum absolute atomic E-state index is 0.157. The molecule has 0 aromatic heterocycles. The molecule has 1 heterocycles. The summed E-state index contributed by atoms with van der Waals surface area (Å²) in [6, 6.07) is 0. The van der Waals surface area contributed by atoms with Crippen LogP contribution in [0.4, 0.5) is 0 Å². The standard InChI is InChI=1S/C16H27N3OS/c1-19-6-4-16(5-7-19,15(17)21)18-14(20)10-13-9-11-2-3-12(13)8-11/h11-13H,2-10H2,1H3,(H2,17,21)(H,18,20). The smallest absolute Gasteiger partial charge is 0.221 e. The van der Waals surface area contributed by atoms with E-state index in [0.717, 1.165) is 37.8 Å². The summed E-state index contributed by atoms with van der Waals surface area (Å²) in [5.41, 5.74) is 5.51. The van der Waals surface area contributed by atoms with Gasteiger partial charge in [0.1, 0.15) is 0 Å². The fourth-order valence-corrected chi connectivity index (χ4v) is 4.87. The molecule has 3 N–H and O–H groups in total. The van der Waals surface area contributed by atoms with E-state index >= 15 is 0 Å². The number of nitrogens with one attached hydrogen (secondary N) is 1. The highest BCUT2D eigenvalue weighted by molar-refractivity contribution is 7.80. The normalized spacial score (nSPS) is 34.8. The molecule has 1 aliphatic heterocycles. The van der Waals surface area contributed by atoms with E-state index in [0.29, 0.717) is 17.3 Å². The van der Waals surface area contributed by atoms with Crippen molar-refractivity contribution < 1.29 is 4.79 Å². The average molecular weight is 309 g/mol. The Hall–Kier alpha value is -0.680. The molecule has 1 saturated heterocycles. The van der Waals surface area contributed by atoms with E-state index in [4.69, 9.17) is 18.0 Å². The quantitative estimate of drug-likeness (QED) is 0.776. The third-order valence-corrected chi connectivity index (χ3v) is 6.41. The summed E-state index contributed by atoms with van der Waals surface area (Å²) in [5.74, 6) is 2.43. The van der Waals surface area contributed by atoms with Crippen molar-refractivity contribution in [1.29, 1.82) is 0 Å². The van der Waals surface area contributed by atoms with Gasteiger partial charge in [-0.1, -0.05) is 18.6 Å². The molecule has 2 saturated carbocycles. The Kier molecular flexibility index (Phi) is 4.23. The first-order valence-electron chi connectivity index (χ1n) is 8.28. The Balaban J connectivity index is 1.58. The van der Waals surface area contributed by atoms with Crippen LogP contribution in [0.1, 0.15) is 44.9 Å². The summed E-state index contributed by atoms with van der Waals surface area (Å²) in [7, 11) is 2.10. The molecule has 0 spiro atoms. The van der Waals surface area contributed by atoms with Gasteiger partial charge in [0.2, 0.25) is 5.91 Å². The second kappa shape index (κ2) is 5.84. The van der Waals surface area contributed by atoms with E-state index in [-0.39, 0.29) is 5.91 Å².